The molecule has 1 fully saturated rings. The average Bonchev–Trinajstić information content (AvgIpc) is 2.27. The molecule has 2 unspecified atom stereocenters. The minimum absolute atomic E-state index is 0.106. The molecule has 0 radical (unpaired) electrons. The highest BCUT2D eigenvalue weighted by molar-refractivity contribution is 5.37. The minimum atomic E-state index is -0.124. The van der Waals surface area contributed by atoms with Gasteiger partial charge in [0.2, 0.25) is 0 Å². The van der Waals surface area contributed by atoms with Crippen molar-refractivity contribution in [3.63, 3.8) is 0 Å². The van der Waals surface area contributed by atoms with Crippen molar-refractivity contribution in [3.8, 4) is 0 Å². The fourth-order valence-corrected chi connectivity index (χ4v) is 2.93. The predicted molar refractivity (Wildman–Crippen MR) is 72.6 cm³/mol. The summed E-state index contributed by atoms with van der Waals surface area (Å²) in [6.45, 7) is 4.61. The Bertz CT molecular complexity index is 470. The summed E-state index contributed by atoms with van der Waals surface area (Å²) >= 11 is 0. The molecule has 5 nitrogen and oxygen atoms in total. The molecule has 0 saturated heterocycles. The summed E-state index contributed by atoms with van der Waals surface area (Å²) in [4.78, 5) is 18.4. The van der Waals surface area contributed by atoms with Gasteiger partial charge in [0.15, 0.2) is 0 Å². The molecule has 4 N–H and O–H groups in total. The molecule has 1 aromatic heterocycles. The zero-order valence-electron chi connectivity index (χ0n) is 11.1. The topological polar surface area (TPSA) is 83.8 Å². The van der Waals surface area contributed by atoms with Gasteiger partial charge in [-0.05, 0) is 25.7 Å². The van der Waals surface area contributed by atoms with E-state index in [1.54, 1.807) is 6.92 Å². The van der Waals surface area contributed by atoms with Crippen LogP contribution in [0.4, 0.5) is 5.82 Å². The lowest BCUT2D eigenvalue weighted by Crippen LogP contribution is -2.49. The highest BCUT2D eigenvalue weighted by Crippen LogP contribution is 2.33. The maximum absolute atomic E-state index is 11.4. The van der Waals surface area contributed by atoms with Gasteiger partial charge in [-0.15, -0.1) is 0 Å². The van der Waals surface area contributed by atoms with Gasteiger partial charge in [0.25, 0.3) is 5.56 Å². The average molecular weight is 250 g/mol. The van der Waals surface area contributed by atoms with Crippen molar-refractivity contribution in [1.29, 1.82) is 0 Å². The second kappa shape index (κ2) is 5.10. The zero-order chi connectivity index (χ0) is 13.2. The van der Waals surface area contributed by atoms with Crippen LogP contribution in [0.25, 0.3) is 0 Å². The highest BCUT2D eigenvalue weighted by atomic mass is 16.1. The maximum atomic E-state index is 11.4. The fourth-order valence-electron chi connectivity index (χ4n) is 2.93. The van der Waals surface area contributed by atoms with E-state index in [2.05, 4.69) is 22.2 Å². The van der Waals surface area contributed by atoms with E-state index < -0.39 is 0 Å². The SMILES string of the molecule is Cc1nc(NC2(CN)CCCC(C)C2)cc(=O)[nH]1. The maximum Gasteiger partial charge on any atom is 0.252 e. The van der Waals surface area contributed by atoms with Crippen LogP contribution in [0.3, 0.4) is 0 Å². The number of anilines is 1. The van der Waals surface area contributed by atoms with E-state index in [1.807, 2.05) is 0 Å². The van der Waals surface area contributed by atoms with Gasteiger partial charge in [-0.3, -0.25) is 4.79 Å². The second-order valence-electron chi connectivity index (χ2n) is 5.53. The van der Waals surface area contributed by atoms with Crippen LogP contribution in [0, 0.1) is 12.8 Å². The molecule has 100 valence electrons. The number of nitrogens with zero attached hydrogens (tertiary/aromatic N) is 1. The van der Waals surface area contributed by atoms with Crippen LogP contribution in [-0.4, -0.2) is 22.1 Å². The molecule has 1 aromatic rings. The highest BCUT2D eigenvalue weighted by Gasteiger charge is 2.33. The number of aromatic amines is 1. The summed E-state index contributed by atoms with van der Waals surface area (Å²) in [6, 6.07) is 1.50. The molecule has 18 heavy (non-hydrogen) atoms. The molecular weight excluding hydrogens is 228 g/mol. The Morgan fingerprint density at radius 2 is 2.44 bits per heavy atom. The number of hydrogen-bond acceptors (Lipinski definition) is 4. The first-order chi connectivity index (χ1) is 8.53. The summed E-state index contributed by atoms with van der Waals surface area (Å²) in [7, 11) is 0. The first-order valence-corrected chi connectivity index (χ1v) is 6.59. The summed E-state index contributed by atoms with van der Waals surface area (Å²) in [5.74, 6) is 1.93. The molecule has 0 spiro atoms. The molecule has 1 heterocycles. The van der Waals surface area contributed by atoms with Crippen molar-refractivity contribution < 1.29 is 0 Å². The quantitative estimate of drug-likeness (QED) is 0.757. The van der Waals surface area contributed by atoms with Gasteiger partial charge in [0, 0.05) is 12.6 Å². The lowest BCUT2D eigenvalue weighted by molar-refractivity contribution is 0.263. The van der Waals surface area contributed by atoms with Crippen molar-refractivity contribution >= 4 is 5.82 Å². The van der Waals surface area contributed by atoms with Crippen LogP contribution in [0.1, 0.15) is 38.4 Å². The Labute approximate surface area is 107 Å². The van der Waals surface area contributed by atoms with Crippen molar-refractivity contribution in [3.05, 3.63) is 22.2 Å². The van der Waals surface area contributed by atoms with Crippen molar-refractivity contribution in [2.75, 3.05) is 11.9 Å². The van der Waals surface area contributed by atoms with Crippen molar-refractivity contribution in [2.24, 2.45) is 11.7 Å². The molecule has 2 rings (SSSR count). The van der Waals surface area contributed by atoms with E-state index in [4.69, 9.17) is 5.73 Å². The first kappa shape index (κ1) is 13.1. The number of nitrogens with two attached hydrogens (primary N) is 1. The monoisotopic (exact) mass is 250 g/mol. The predicted octanol–water partition coefficient (Wildman–Crippen LogP) is 1.40. The first-order valence-electron chi connectivity index (χ1n) is 6.59. The lowest BCUT2D eigenvalue weighted by atomic mass is 9.76. The van der Waals surface area contributed by atoms with Gasteiger partial charge in [0.05, 0.1) is 5.54 Å². The Morgan fingerprint density at radius 1 is 1.67 bits per heavy atom. The van der Waals surface area contributed by atoms with Crippen molar-refractivity contribution in [1.82, 2.24) is 9.97 Å². The summed E-state index contributed by atoms with van der Waals surface area (Å²) in [6.07, 6.45) is 4.51. The lowest BCUT2D eigenvalue weighted by Gasteiger charge is -2.40. The summed E-state index contributed by atoms with van der Waals surface area (Å²) in [5.41, 5.74) is 5.72. The third kappa shape index (κ3) is 2.90. The van der Waals surface area contributed by atoms with Crippen LogP contribution in [-0.2, 0) is 0 Å². The number of aryl methyl sites for hydroxylation is 1. The number of H-pyrrole nitrogens is 1. The Balaban J connectivity index is 2.21. The Morgan fingerprint density at radius 3 is 3.06 bits per heavy atom. The third-order valence-electron chi connectivity index (χ3n) is 3.74. The third-order valence-corrected chi connectivity index (χ3v) is 3.74. The largest absolute Gasteiger partial charge is 0.363 e. The van der Waals surface area contributed by atoms with Crippen LogP contribution >= 0.6 is 0 Å². The van der Waals surface area contributed by atoms with Gasteiger partial charge in [-0.2, -0.15) is 0 Å². The molecule has 2 atom stereocenters. The van der Waals surface area contributed by atoms with Gasteiger partial charge >= 0.3 is 0 Å². The van der Waals surface area contributed by atoms with Crippen LogP contribution in [0.15, 0.2) is 10.9 Å². The van der Waals surface area contributed by atoms with E-state index in [-0.39, 0.29) is 11.1 Å². The molecule has 0 aliphatic heterocycles. The van der Waals surface area contributed by atoms with Gasteiger partial charge in [-0.1, -0.05) is 19.8 Å². The van der Waals surface area contributed by atoms with Crippen LogP contribution < -0.4 is 16.6 Å². The van der Waals surface area contributed by atoms with E-state index in [0.29, 0.717) is 24.1 Å². The van der Waals surface area contributed by atoms with Crippen molar-refractivity contribution in [2.45, 2.75) is 45.1 Å². The van der Waals surface area contributed by atoms with Gasteiger partial charge in [0.1, 0.15) is 11.6 Å². The Kier molecular flexibility index (Phi) is 3.71. The fraction of sp³-hybridized carbons (Fsp3) is 0.692. The smallest absolute Gasteiger partial charge is 0.252 e. The zero-order valence-corrected chi connectivity index (χ0v) is 11.1. The number of rotatable bonds is 3. The Hall–Kier alpha value is -1.36. The standard InChI is InChI=1S/C13H22N4O/c1-9-4-3-5-13(7-9,8-14)17-11-6-12(18)16-10(2)15-11/h6,9H,3-5,7-8,14H2,1-2H3,(H2,15,16,17,18). The van der Waals surface area contributed by atoms with E-state index >= 15 is 0 Å². The molecule has 5 heteroatoms. The number of aromatic nitrogens is 2. The normalized spacial score (nSPS) is 28.1. The molecule has 1 aliphatic rings. The van der Waals surface area contributed by atoms with E-state index in [0.717, 1.165) is 12.8 Å². The second-order valence-corrected chi connectivity index (χ2v) is 5.53. The molecule has 1 aliphatic carbocycles. The number of nitrogens with one attached hydrogen (secondary N) is 2. The minimum Gasteiger partial charge on any atom is -0.363 e. The van der Waals surface area contributed by atoms with Crippen LogP contribution in [0.5, 0.6) is 0 Å². The molecule has 0 aromatic carbocycles. The van der Waals surface area contributed by atoms with Gasteiger partial charge < -0.3 is 16.0 Å². The molecule has 0 amide bonds. The summed E-state index contributed by atoms with van der Waals surface area (Å²) in [5, 5.41) is 3.40. The molecular formula is C13H22N4O. The van der Waals surface area contributed by atoms with E-state index in [1.165, 1.54) is 18.9 Å². The number of hydrogen-bond donors (Lipinski definition) is 3. The molecule has 1 saturated carbocycles. The summed E-state index contributed by atoms with van der Waals surface area (Å²) < 4.78 is 0. The van der Waals surface area contributed by atoms with E-state index in [9.17, 15) is 4.79 Å². The van der Waals surface area contributed by atoms with Gasteiger partial charge in [-0.25, -0.2) is 4.98 Å². The molecule has 0 bridgehead atoms. The van der Waals surface area contributed by atoms with Crippen LogP contribution in [0.2, 0.25) is 0 Å².